The summed E-state index contributed by atoms with van der Waals surface area (Å²) in [5, 5.41) is 7.47. The molecule has 0 saturated carbocycles. The summed E-state index contributed by atoms with van der Waals surface area (Å²) >= 11 is 0. The van der Waals surface area contributed by atoms with Crippen LogP contribution in [0.3, 0.4) is 0 Å². The van der Waals surface area contributed by atoms with Gasteiger partial charge in [-0.3, -0.25) is 4.79 Å². The van der Waals surface area contributed by atoms with Crippen LogP contribution in [0, 0.1) is 0 Å². The molecule has 3 heterocycles. The maximum atomic E-state index is 12.9. The van der Waals surface area contributed by atoms with Gasteiger partial charge in [0.2, 0.25) is 0 Å². The van der Waals surface area contributed by atoms with Crippen molar-refractivity contribution in [2.75, 3.05) is 13.7 Å². The van der Waals surface area contributed by atoms with Gasteiger partial charge in [0, 0.05) is 11.6 Å². The summed E-state index contributed by atoms with van der Waals surface area (Å²) < 4.78 is 12.6. The van der Waals surface area contributed by atoms with Gasteiger partial charge in [-0.15, -0.1) is 5.10 Å². The van der Waals surface area contributed by atoms with E-state index in [0.29, 0.717) is 18.1 Å². The largest absolute Gasteiger partial charge is 0.497 e. The Balaban J connectivity index is 1.35. The van der Waals surface area contributed by atoms with Crippen LogP contribution in [0.4, 0.5) is 0 Å². The van der Waals surface area contributed by atoms with Gasteiger partial charge >= 0.3 is 0 Å². The molecule has 8 heteroatoms. The Bertz CT molecular complexity index is 1270. The molecule has 4 aromatic rings. The first-order chi connectivity index (χ1) is 15.6. The molecule has 0 fully saturated rings. The topological polar surface area (TPSA) is 90.6 Å². The number of nitrogens with zero attached hydrogens (tertiary/aromatic N) is 4. The number of benzene rings is 2. The second-order valence-electron chi connectivity index (χ2n) is 7.71. The van der Waals surface area contributed by atoms with Crippen LogP contribution in [0.2, 0.25) is 0 Å². The molecule has 1 amide bonds. The number of fused-ring (bicyclic) bond motifs is 2. The van der Waals surface area contributed by atoms with Crippen molar-refractivity contribution in [3.63, 3.8) is 0 Å². The Morgan fingerprint density at radius 2 is 2.03 bits per heavy atom. The van der Waals surface area contributed by atoms with Crippen molar-refractivity contribution in [2.45, 2.75) is 25.5 Å². The zero-order valence-electron chi connectivity index (χ0n) is 17.9. The first-order valence-electron chi connectivity index (χ1n) is 10.5. The van der Waals surface area contributed by atoms with E-state index in [0.717, 1.165) is 34.6 Å². The third kappa shape index (κ3) is 3.80. The molecular weight excluding hydrogens is 406 g/mol. The number of hydrogen-bond acceptors (Lipinski definition) is 6. The number of methoxy groups -OCH3 is 1. The van der Waals surface area contributed by atoms with Gasteiger partial charge in [0.15, 0.2) is 17.6 Å². The van der Waals surface area contributed by atoms with Crippen molar-refractivity contribution < 1.29 is 14.3 Å². The fourth-order valence-electron chi connectivity index (χ4n) is 3.88. The summed E-state index contributed by atoms with van der Waals surface area (Å²) in [7, 11) is 1.64. The van der Waals surface area contributed by atoms with Crippen molar-refractivity contribution in [3.8, 4) is 17.0 Å². The number of carbonyl (C=O) groups excluding carboxylic acids is 1. The molecule has 162 valence electrons. The second-order valence-corrected chi connectivity index (χ2v) is 7.71. The minimum atomic E-state index is -0.622. The Morgan fingerprint density at radius 3 is 2.84 bits per heavy atom. The quantitative estimate of drug-likeness (QED) is 0.524. The van der Waals surface area contributed by atoms with E-state index >= 15 is 0 Å². The van der Waals surface area contributed by atoms with E-state index in [2.05, 4.69) is 20.4 Å². The molecule has 0 saturated heterocycles. The molecule has 1 N–H and O–H groups in total. The molecule has 2 atom stereocenters. The summed E-state index contributed by atoms with van der Waals surface area (Å²) in [4.78, 5) is 22.0. The van der Waals surface area contributed by atoms with Crippen LogP contribution in [-0.2, 0) is 16.0 Å². The van der Waals surface area contributed by atoms with Crippen LogP contribution < -0.4 is 10.1 Å². The summed E-state index contributed by atoms with van der Waals surface area (Å²) in [5.41, 5.74) is 4.45. The highest BCUT2D eigenvalue weighted by Crippen LogP contribution is 2.28. The smallest absolute Gasteiger partial charge is 0.254 e. The molecule has 0 aliphatic carbocycles. The number of carbonyl (C=O) groups is 1. The minimum Gasteiger partial charge on any atom is -0.497 e. The van der Waals surface area contributed by atoms with E-state index in [1.54, 1.807) is 18.0 Å². The van der Waals surface area contributed by atoms with E-state index in [1.807, 2.05) is 61.5 Å². The third-order valence-electron chi connectivity index (χ3n) is 5.61. The van der Waals surface area contributed by atoms with Crippen molar-refractivity contribution in [1.82, 2.24) is 24.9 Å². The average Bonchev–Trinajstić information content (AvgIpc) is 3.27. The Kier molecular flexibility index (Phi) is 5.28. The van der Waals surface area contributed by atoms with Crippen molar-refractivity contribution in [3.05, 3.63) is 77.9 Å². The van der Waals surface area contributed by atoms with Crippen molar-refractivity contribution in [1.29, 1.82) is 0 Å². The Hall–Kier alpha value is -3.78. The van der Waals surface area contributed by atoms with Crippen molar-refractivity contribution in [2.24, 2.45) is 0 Å². The molecule has 2 aromatic heterocycles. The highest BCUT2D eigenvalue weighted by Gasteiger charge is 2.29. The average molecular weight is 429 g/mol. The lowest BCUT2D eigenvalue weighted by molar-refractivity contribution is -0.134. The molecular formula is C24H23N5O3. The monoisotopic (exact) mass is 429 g/mol. The highest BCUT2D eigenvalue weighted by molar-refractivity contribution is 5.83. The maximum Gasteiger partial charge on any atom is 0.254 e. The van der Waals surface area contributed by atoms with Crippen LogP contribution in [0.15, 0.2) is 60.9 Å². The van der Waals surface area contributed by atoms with Crippen LogP contribution in [0.1, 0.15) is 36.0 Å². The number of amides is 1. The molecule has 1 aliphatic heterocycles. The molecule has 2 aromatic carbocycles. The summed E-state index contributed by atoms with van der Waals surface area (Å²) in [6.07, 6.45) is 1.82. The Morgan fingerprint density at radius 1 is 1.22 bits per heavy atom. The lowest BCUT2D eigenvalue weighted by Gasteiger charge is -2.26. The number of ether oxygens (including phenoxy) is 2. The van der Waals surface area contributed by atoms with Gasteiger partial charge in [-0.2, -0.15) is 0 Å². The molecule has 0 spiro atoms. The fraction of sp³-hybridized carbons (Fsp3) is 0.250. The molecule has 1 aliphatic rings. The third-order valence-corrected chi connectivity index (χ3v) is 5.61. The van der Waals surface area contributed by atoms with Gasteiger partial charge in [-0.05, 0) is 48.7 Å². The van der Waals surface area contributed by atoms with E-state index in [-0.39, 0.29) is 11.9 Å². The number of aromatic nitrogens is 4. The standard InChI is InChI=1S/C24H23N5O3/c1-15(26-24(30)22-19-6-4-3-5-16(19)11-12-32-22)23-27-21-13-20(25-14-29(21)28-23)17-7-9-18(31-2)10-8-17/h3-10,13-15,22H,11-12H2,1-2H3,(H,26,30)/t15-,22+/m0/s1. The lowest BCUT2D eigenvalue weighted by atomic mass is 9.97. The van der Waals surface area contributed by atoms with Gasteiger partial charge < -0.3 is 14.8 Å². The maximum absolute atomic E-state index is 12.9. The van der Waals surface area contributed by atoms with Crippen molar-refractivity contribution >= 4 is 11.6 Å². The molecule has 0 bridgehead atoms. The molecule has 8 nitrogen and oxygen atoms in total. The predicted molar refractivity (Wildman–Crippen MR) is 118 cm³/mol. The molecule has 5 rings (SSSR count). The van der Waals surface area contributed by atoms with Crippen LogP contribution in [-0.4, -0.2) is 39.2 Å². The fourth-order valence-corrected chi connectivity index (χ4v) is 3.88. The van der Waals surface area contributed by atoms with E-state index in [1.165, 1.54) is 0 Å². The van der Waals surface area contributed by atoms with E-state index in [4.69, 9.17) is 9.47 Å². The first-order valence-corrected chi connectivity index (χ1v) is 10.5. The zero-order valence-corrected chi connectivity index (χ0v) is 17.9. The number of nitrogens with one attached hydrogen (secondary N) is 1. The second kappa shape index (κ2) is 8.39. The predicted octanol–water partition coefficient (Wildman–Crippen LogP) is 3.29. The first kappa shape index (κ1) is 20.1. The van der Waals surface area contributed by atoms with E-state index < -0.39 is 6.10 Å². The molecule has 0 unspecified atom stereocenters. The Labute approximate surface area is 185 Å². The van der Waals surface area contributed by atoms with Gasteiger partial charge in [0.1, 0.15) is 12.1 Å². The number of rotatable bonds is 5. The van der Waals surface area contributed by atoms with E-state index in [9.17, 15) is 4.79 Å². The highest BCUT2D eigenvalue weighted by atomic mass is 16.5. The SMILES string of the molecule is COc1ccc(-c2cc3nc([C@H](C)NC(=O)[C@@H]4OCCc5ccccc54)nn3cn2)cc1. The summed E-state index contributed by atoms with van der Waals surface area (Å²) in [6, 6.07) is 17.0. The van der Waals surface area contributed by atoms with Gasteiger partial charge in [-0.25, -0.2) is 14.5 Å². The van der Waals surface area contributed by atoms with Gasteiger partial charge in [0.25, 0.3) is 5.91 Å². The summed E-state index contributed by atoms with van der Waals surface area (Å²) in [5.74, 6) is 1.10. The minimum absolute atomic E-state index is 0.194. The number of hydrogen-bond donors (Lipinski definition) is 1. The summed E-state index contributed by atoms with van der Waals surface area (Å²) in [6.45, 7) is 2.38. The molecule has 0 radical (unpaired) electrons. The normalized spacial score (nSPS) is 16.4. The molecule has 32 heavy (non-hydrogen) atoms. The van der Waals surface area contributed by atoms with Gasteiger partial charge in [0.05, 0.1) is 25.5 Å². The zero-order chi connectivity index (χ0) is 22.1. The van der Waals surface area contributed by atoms with Crippen LogP contribution >= 0.6 is 0 Å². The van der Waals surface area contributed by atoms with Gasteiger partial charge in [-0.1, -0.05) is 24.3 Å². The van der Waals surface area contributed by atoms with Crippen LogP contribution in [0.25, 0.3) is 16.9 Å². The lowest BCUT2D eigenvalue weighted by Crippen LogP contribution is -2.35. The van der Waals surface area contributed by atoms with Crippen LogP contribution in [0.5, 0.6) is 5.75 Å².